The van der Waals surface area contributed by atoms with Crippen LogP contribution < -0.4 is 4.90 Å². The molecule has 1 fully saturated rings. The number of sulfonamides is 1. The largest absolute Gasteiger partial charge is 0.370 e. The molecule has 6 nitrogen and oxygen atoms in total. The molecule has 0 unspecified atom stereocenters. The van der Waals surface area contributed by atoms with E-state index in [2.05, 4.69) is 34.2 Å². The molecule has 1 aromatic heterocycles. The van der Waals surface area contributed by atoms with Crippen molar-refractivity contribution in [2.75, 3.05) is 31.1 Å². The third-order valence-corrected chi connectivity index (χ3v) is 5.89. The molecule has 0 aliphatic carbocycles. The van der Waals surface area contributed by atoms with Crippen molar-refractivity contribution in [3.63, 3.8) is 0 Å². The van der Waals surface area contributed by atoms with Gasteiger partial charge in [-0.3, -0.25) is 5.10 Å². The highest BCUT2D eigenvalue weighted by Gasteiger charge is 2.27. The van der Waals surface area contributed by atoms with Gasteiger partial charge >= 0.3 is 0 Å². The molecule has 0 bridgehead atoms. The molecular formula is C15H20N4O2S. The van der Waals surface area contributed by atoms with Gasteiger partial charge in [-0.15, -0.1) is 0 Å². The molecule has 2 aromatic rings. The number of H-pyrrole nitrogens is 1. The van der Waals surface area contributed by atoms with E-state index < -0.39 is 10.0 Å². The molecule has 22 heavy (non-hydrogen) atoms. The molecule has 0 atom stereocenters. The lowest BCUT2D eigenvalue weighted by atomic mass is 10.2. The van der Waals surface area contributed by atoms with Crippen molar-refractivity contribution in [3.8, 4) is 0 Å². The number of benzene rings is 1. The van der Waals surface area contributed by atoms with Gasteiger partial charge in [0.2, 0.25) is 10.0 Å². The zero-order valence-electron chi connectivity index (χ0n) is 12.6. The van der Waals surface area contributed by atoms with Crippen LogP contribution >= 0.6 is 0 Å². The Morgan fingerprint density at radius 2 is 1.95 bits per heavy atom. The summed E-state index contributed by atoms with van der Waals surface area (Å²) in [7, 11) is -3.44. The Kier molecular flexibility index (Phi) is 4.17. The first-order valence-electron chi connectivity index (χ1n) is 7.38. The molecular weight excluding hydrogens is 300 g/mol. The zero-order valence-corrected chi connectivity index (χ0v) is 13.4. The predicted molar refractivity (Wildman–Crippen MR) is 85.4 cm³/mol. The number of rotatable bonds is 3. The predicted octanol–water partition coefficient (Wildman–Crippen LogP) is 1.62. The molecule has 1 N–H and O–H groups in total. The summed E-state index contributed by atoms with van der Waals surface area (Å²) in [6.45, 7) is 4.67. The van der Waals surface area contributed by atoms with Crippen LogP contribution in [0.5, 0.6) is 0 Å². The molecule has 1 aliphatic rings. The first-order valence-corrected chi connectivity index (χ1v) is 8.82. The second-order valence-electron chi connectivity index (χ2n) is 5.47. The van der Waals surface area contributed by atoms with Gasteiger partial charge in [0.15, 0.2) is 0 Å². The minimum Gasteiger partial charge on any atom is -0.370 e. The number of para-hydroxylation sites is 1. The second kappa shape index (κ2) is 6.10. The third-order valence-electron chi connectivity index (χ3n) is 4.02. The number of hydrogen-bond donors (Lipinski definition) is 1. The zero-order chi connectivity index (χ0) is 15.6. The third kappa shape index (κ3) is 2.86. The maximum Gasteiger partial charge on any atom is 0.246 e. The van der Waals surface area contributed by atoms with Crippen LogP contribution in [0.4, 0.5) is 5.69 Å². The van der Waals surface area contributed by atoms with Crippen LogP contribution in [0.1, 0.15) is 12.0 Å². The van der Waals surface area contributed by atoms with Gasteiger partial charge in [0.05, 0.1) is 6.20 Å². The van der Waals surface area contributed by atoms with Crippen molar-refractivity contribution in [2.24, 2.45) is 0 Å². The molecule has 1 saturated heterocycles. The summed E-state index contributed by atoms with van der Waals surface area (Å²) in [5.41, 5.74) is 2.40. The van der Waals surface area contributed by atoms with Crippen molar-refractivity contribution in [2.45, 2.75) is 18.2 Å². The van der Waals surface area contributed by atoms with Gasteiger partial charge in [-0.05, 0) is 25.0 Å². The summed E-state index contributed by atoms with van der Waals surface area (Å²) >= 11 is 0. The molecule has 118 valence electrons. The Morgan fingerprint density at radius 3 is 2.68 bits per heavy atom. The van der Waals surface area contributed by atoms with E-state index in [0.717, 1.165) is 13.0 Å². The Labute approximate surface area is 130 Å². The fourth-order valence-electron chi connectivity index (χ4n) is 2.82. The van der Waals surface area contributed by atoms with Gasteiger partial charge in [0.25, 0.3) is 0 Å². The standard InChI is InChI=1S/C15H20N4O2S/c1-13-5-2-3-6-15(13)18-7-4-8-19(10-9-18)22(20,21)14-11-16-17-12-14/h2-3,5-6,11-12H,4,7-10H2,1H3,(H,16,17). The minimum atomic E-state index is -3.44. The smallest absolute Gasteiger partial charge is 0.246 e. The van der Waals surface area contributed by atoms with Crippen LogP contribution in [-0.4, -0.2) is 49.1 Å². The maximum atomic E-state index is 12.6. The molecule has 0 saturated carbocycles. The molecule has 0 radical (unpaired) electrons. The summed E-state index contributed by atoms with van der Waals surface area (Å²) in [5, 5.41) is 6.31. The number of aryl methyl sites for hydroxylation is 1. The average Bonchev–Trinajstić information content (AvgIpc) is 2.94. The maximum absolute atomic E-state index is 12.6. The van der Waals surface area contributed by atoms with Crippen LogP contribution in [0.2, 0.25) is 0 Å². The molecule has 1 aliphatic heterocycles. The van der Waals surface area contributed by atoms with E-state index in [1.807, 2.05) is 12.1 Å². The van der Waals surface area contributed by atoms with E-state index in [9.17, 15) is 8.42 Å². The van der Waals surface area contributed by atoms with E-state index in [4.69, 9.17) is 0 Å². The minimum absolute atomic E-state index is 0.233. The summed E-state index contributed by atoms with van der Waals surface area (Å²) in [6.07, 6.45) is 3.60. The van der Waals surface area contributed by atoms with Gasteiger partial charge in [-0.25, -0.2) is 8.42 Å². The van der Waals surface area contributed by atoms with E-state index in [1.165, 1.54) is 23.6 Å². The van der Waals surface area contributed by atoms with Crippen LogP contribution in [0.25, 0.3) is 0 Å². The molecule has 2 heterocycles. The highest BCUT2D eigenvalue weighted by Crippen LogP contribution is 2.22. The number of aromatic nitrogens is 2. The Bertz CT molecular complexity index is 728. The van der Waals surface area contributed by atoms with Gasteiger partial charge in [-0.1, -0.05) is 18.2 Å². The van der Waals surface area contributed by atoms with Crippen LogP contribution in [-0.2, 0) is 10.0 Å². The number of aromatic amines is 1. The number of anilines is 1. The second-order valence-corrected chi connectivity index (χ2v) is 7.40. The highest BCUT2D eigenvalue weighted by atomic mass is 32.2. The normalized spacial score (nSPS) is 17.4. The lowest BCUT2D eigenvalue weighted by Gasteiger charge is -2.25. The molecule has 0 amide bonds. The van der Waals surface area contributed by atoms with Crippen LogP contribution in [0.15, 0.2) is 41.6 Å². The van der Waals surface area contributed by atoms with E-state index in [0.29, 0.717) is 19.6 Å². The van der Waals surface area contributed by atoms with Crippen LogP contribution in [0, 0.1) is 6.92 Å². The summed E-state index contributed by atoms with van der Waals surface area (Å²) in [5.74, 6) is 0. The topological polar surface area (TPSA) is 69.3 Å². The highest BCUT2D eigenvalue weighted by molar-refractivity contribution is 7.89. The quantitative estimate of drug-likeness (QED) is 0.933. The van der Waals surface area contributed by atoms with Crippen molar-refractivity contribution in [1.82, 2.24) is 14.5 Å². The lowest BCUT2D eigenvalue weighted by molar-refractivity contribution is 0.433. The Hall–Kier alpha value is -1.86. The number of hydrogen-bond acceptors (Lipinski definition) is 4. The summed E-state index contributed by atoms with van der Waals surface area (Å²) in [6, 6.07) is 8.22. The van der Waals surface area contributed by atoms with Crippen LogP contribution in [0.3, 0.4) is 0 Å². The lowest BCUT2D eigenvalue weighted by Crippen LogP contribution is -2.35. The Balaban J connectivity index is 1.77. The number of nitrogens with one attached hydrogen (secondary N) is 1. The van der Waals surface area contributed by atoms with Gasteiger partial charge < -0.3 is 4.90 Å². The summed E-state index contributed by atoms with van der Waals surface area (Å²) in [4.78, 5) is 2.50. The molecule has 1 aromatic carbocycles. The first kappa shape index (κ1) is 15.1. The van der Waals surface area contributed by atoms with E-state index in [-0.39, 0.29) is 4.90 Å². The molecule has 3 rings (SSSR count). The monoisotopic (exact) mass is 320 g/mol. The van der Waals surface area contributed by atoms with Gasteiger partial charge in [0, 0.05) is 38.1 Å². The molecule has 0 spiro atoms. The van der Waals surface area contributed by atoms with Crippen molar-refractivity contribution < 1.29 is 8.42 Å². The van der Waals surface area contributed by atoms with E-state index in [1.54, 1.807) is 4.31 Å². The van der Waals surface area contributed by atoms with Crippen molar-refractivity contribution >= 4 is 15.7 Å². The molecule has 7 heteroatoms. The SMILES string of the molecule is Cc1ccccc1N1CCCN(S(=O)(=O)c2cn[nH]c2)CC1. The van der Waals surface area contributed by atoms with Gasteiger partial charge in [-0.2, -0.15) is 9.40 Å². The van der Waals surface area contributed by atoms with Crippen molar-refractivity contribution in [1.29, 1.82) is 0 Å². The fraction of sp³-hybridized carbons (Fsp3) is 0.400. The average molecular weight is 320 g/mol. The fourth-order valence-corrected chi connectivity index (χ4v) is 4.20. The Morgan fingerprint density at radius 1 is 1.14 bits per heavy atom. The first-order chi connectivity index (χ1) is 10.6. The van der Waals surface area contributed by atoms with Gasteiger partial charge in [0.1, 0.15) is 4.90 Å². The van der Waals surface area contributed by atoms with Crippen molar-refractivity contribution in [3.05, 3.63) is 42.2 Å². The van der Waals surface area contributed by atoms with E-state index >= 15 is 0 Å². The summed E-state index contributed by atoms with van der Waals surface area (Å²) < 4.78 is 26.7. The number of nitrogens with zero attached hydrogens (tertiary/aromatic N) is 3.